The molecule has 0 aliphatic heterocycles. The van der Waals surface area contributed by atoms with E-state index in [1.165, 1.54) is 28.0 Å². The van der Waals surface area contributed by atoms with Crippen LogP contribution in [-0.2, 0) is 11.2 Å². The molecule has 4 nitrogen and oxygen atoms in total. The van der Waals surface area contributed by atoms with Crippen molar-refractivity contribution in [1.29, 1.82) is 0 Å². The van der Waals surface area contributed by atoms with Crippen LogP contribution in [0.15, 0.2) is 48.7 Å². The van der Waals surface area contributed by atoms with Crippen molar-refractivity contribution in [3.63, 3.8) is 0 Å². The molecule has 0 aliphatic rings. The first-order valence-electron chi connectivity index (χ1n) is 8.50. The highest BCUT2D eigenvalue weighted by molar-refractivity contribution is 7.15. The number of amides is 1. The molecule has 3 rings (SSSR count). The Hall–Kier alpha value is -2.66. The van der Waals surface area contributed by atoms with E-state index in [9.17, 15) is 4.79 Å². The Morgan fingerprint density at radius 3 is 2.58 bits per heavy atom. The predicted octanol–water partition coefficient (Wildman–Crippen LogP) is 4.68. The zero-order valence-corrected chi connectivity index (χ0v) is 16.0. The smallest absolute Gasteiger partial charge is 0.264 e. The second-order valence-electron chi connectivity index (χ2n) is 6.38. The first-order valence-corrected chi connectivity index (χ1v) is 9.31. The average molecular weight is 366 g/mol. The number of nitrogens with zero attached hydrogens (tertiary/aromatic N) is 1. The SMILES string of the molecule is Cc1ccc(Cc2cnc(NC(=O)COc3ccc(C)c(C)c3)s2)cc1. The van der Waals surface area contributed by atoms with Crippen molar-refractivity contribution in [2.24, 2.45) is 0 Å². The largest absolute Gasteiger partial charge is 0.484 e. The van der Waals surface area contributed by atoms with Gasteiger partial charge in [0.15, 0.2) is 11.7 Å². The summed E-state index contributed by atoms with van der Waals surface area (Å²) in [5, 5.41) is 3.39. The van der Waals surface area contributed by atoms with E-state index in [1.807, 2.05) is 38.2 Å². The summed E-state index contributed by atoms with van der Waals surface area (Å²) >= 11 is 1.49. The van der Waals surface area contributed by atoms with Crippen LogP contribution >= 0.6 is 11.3 Å². The van der Waals surface area contributed by atoms with Crippen LogP contribution in [0.4, 0.5) is 5.13 Å². The summed E-state index contributed by atoms with van der Waals surface area (Å²) in [6.07, 6.45) is 2.62. The minimum absolute atomic E-state index is 0.0324. The molecule has 0 bridgehead atoms. The number of nitrogens with one attached hydrogen (secondary N) is 1. The lowest BCUT2D eigenvalue weighted by Gasteiger charge is -2.07. The first kappa shape index (κ1) is 18.1. The van der Waals surface area contributed by atoms with E-state index in [2.05, 4.69) is 41.5 Å². The minimum Gasteiger partial charge on any atom is -0.484 e. The summed E-state index contributed by atoms with van der Waals surface area (Å²) in [7, 11) is 0. The Bertz CT molecular complexity index is 901. The molecule has 0 radical (unpaired) electrons. The van der Waals surface area contributed by atoms with Gasteiger partial charge in [0, 0.05) is 17.5 Å². The van der Waals surface area contributed by atoms with Gasteiger partial charge in [0.1, 0.15) is 5.75 Å². The molecule has 0 saturated carbocycles. The number of benzene rings is 2. The van der Waals surface area contributed by atoms with Crippen molar-refractivity contribution in [2.45, 2.75) is 27.2 Å². The third kappa shape index (κ3) is 4.92. The molecular weight excluding hydrogens is 344 g/mol. The maximum absolute atomic E-state index is 12.1. The van der Waals surface area contributed by atoms with Gasteiger partial charge in [-0.2, -0.15) is 0 Å². The number of carbonyl (C=O) groups excluding carboxylic acids is 1. The fourth-order valence-electron chi connectivity index (χ4n) is 2.46. The van der Waals surface area contributed by atoms with Crippen LogP contribution in [0.5, 0.6) is 5.75 Å². The molecule has 134 valence electrons. The molecule has 0 aliphatic carbocycles. The maximum atomic E-state index is 12.1. The monoisotopic (exact) mass is 366 g/mol. The van der Waals surface area contributed by atoms with Gasteiger partial charge in [0.2, 0.25) is 0 Å². The van der Waals surface area contributed by atoms with E-state index in [1.54, 1.807) is 0 Å². The molecule has 1 N–H and O–H groups in total. The Morgan fingerprint density at radius 2 is 1.85 bits per heavy atom. The van der Waals surface area contributed by atoms with Crippen LogP contribution in [0.1, 0.15) is 27.1 Å². The van der Waals surface area contributed by atoms with Gasteiger partial charge in [-0.3, -0.25) is 10.1 Å². The first-order chi connectivity index (χ1) is 12.5. The van der Waals surface area contributed by atoms with E-state index in [0.717, 1.165) is 16.9 Å². The third-order valence-corrected chi connectivity index (χ3v) is 5.06. The number of thiazole rings is 1. The fourth-order valence-corrected chi connectivity index (χ4v) is 3.32. The van der Waals surface area contributed by atoms with Crippen molar-refractivity contribution in [1.82, 2.24) is 4.98 Å². The maximum Gasteiger partial charge on any atom is 0.264 e. The van der Waals surface area contributed by atoms with E-state index in [4.69, 9.17) is 4.74 Å². The van der Waals surface area contributed by atoms with Crippen molar-refractivity contribution in [3.8, 4) is 5.75 Å². The summed E-state index contributed by atoms with van der Waals surface area (Å²) < 4.78 is 5.55. The lowest BCUT2D eigenvalue weighted by atomic mass is 10.1. The second kappa shape index (κ2) is 8.15. The van der Waals surface area contributed by atoms with Gasteiger partial charge in [0.25, 0.3) is 5.91 Å². The molecule has 0 saturated heterocycles. The number of hydrogen-bond acceptors (Lipinski definition) is 4. The number of hydrogen-bond donors (Lipinski definition) is 1. The van der Waals surface area contributed by atoms with Gasteiger partial charge >= 0.3 is 0 Å². The quantitative estimate of drug-likeness (QED) is 0.689. The van der Waals surface area contributed by atoms with E-state index in [0.29, 0.717) is 10.9 Å². The molecule has 2 aromatic carbocycles. The third-order valence-electron chi connectivity index (χ3n) is 4.15. The summed E-state index contributed by atoms with van der Waals surface area (Å²) in [4.78, 5) is 17.5. The van der Waals surface area contributed by atoms with E-state index in [-0.39, 0.29) is 12.5 Å². The molecule has 1 aromatic heterocycles. The van der Waals surface area contributed by atoms with Crippen LogP contribution in [0.3, 0.4) is 0 Å². The lowest BCUT2D eigenvalue weighted by molar-refractivity contribution is -0.118. The molecule has 0 spiro atoms. The van der Waals surface area contributed by atoms with Gasteiger partial charge in [0.05, 0.1) is 0 Å². The summed E-state index contributed by atoms with van der Waals surface area (Å²) in [5.74, 6) is 0.488. The molecule has 1 heterocycles. The molecule has 0 unspecified atom stereocenters. The zero-order chi connectivity index (χ0) is 18.5. The van der Waals surface area contributed by atoms with Gasteiger partial charge in [-0.15, -0.1) is 11.3 Å². The van der Waals surface area contributed by atoms with Crippen molar-refractivity contribution in [2.75, 3.05) is 11.9 Å². The topological polar surface area (TPSA) is 51.2 Å². The predicted molar refractivity (Wildman–Crippen MR) is 106 cm³/mol. The minimum atomic E-state index is -0.209. The van der Waals surface area contributed by atoms with Crippen LogP contribution in [0.2, 0.25) is 0 Å². The van der Waals surface area contributed by atoms with Gasteiger partial charge in [-0.05, 0) is 49.6 Å². The summed E-state index contributed by atoms with van der Waals surface area (Å²) in [6, 6.07) is 14.2. The van der Waals surface area contributed by atoms with Crippen LogP contribution < -0.4 is 10.1 Å². The van der Waals surface area contributed by atoms with Gasteiger partial charge in [-0.25, -0.2) is 4.98 Å². The number of carbonyl (C=O) groups is 1. The highest BCUT2D eigenvalue weighted by Crippen LogP contribution is 2.21. The average Bonchev–Trinajstić information content (AvgIpc) is 3.05. The highest BCUT2D eigenvalue weighted by atomic mass is 32.1. The molecule has 1 amide bonds. The Kier molecular flexibility index (Phi) is 5.68. The van der Waals surface area contributed by atoms with Gasteiger partial charge < -0.3 is 4.74 Å². The van der Waals surface area contributed by atoms with Gasteiger partial charge in [-0.1, -0.05) is 35.9 Å². The zero-order valence-electron chi connectivity index (χ0n) is 15.2. The standard InChI is InChI=1S/C21H22N2O2S/c1-14-4-7-17(8-5-14)11-19-12-22-21(26-19)23-20(24)13-25-18-9-6-15(2)16(3)10-18/h4-10,12H,11,13H2,1-3H3,(H,22,23,24). The molecule has 0 atom stereocenters. The van der Waals surface area contributed by atoms with Crippen molar-refractivity contribution >= 4 is 22.4 Å². The van der Waals surface area contributed by atoms with Crippen molar-refractivity contribution < 1.29 is 9.53 Å². The number of ether oxygens (including phenoxy) is 1. The number of aromatic nitrogens is 1. The molecule has 26 heavy (non-hydrogen) atoms. The molecule has 3 aromatic rings. The Balaban J connectivity index is 1.52. The number of anilines is 1. The van der Waals surface area contributed by atoms with Crippen LogP contribution in [-0.4, -0.2) is 17.5 Å². The Labute approximate surface area is 157 Å². The van der Waals surface area contributed by atoms with Crippen LogP contribution in [0, 0.1) is 20.8 Å². The molecule has 0 fully saturated rings. The summed E-state index contributed by atoms with van der Waals surface area (Å²) in [5.41, 5.74) is 4.82. The number of rotatable bonds is 6. The summed E-state index contributed by atoms with van der Waals surface area (Å²) in [6.45, 7) is 6.11. The Morgan fingerprint density at radius 1 is 1.08 bits per heavy atom. The molecular formula is C21H22N2O2S. The number of aryl methyl sites for hydroxylation is 3. The van der Waals surface area contributed by atoms with Crippen LogP contribution in [0.25, 0.3) is 0 Å². The van der Waals surface area contributed by atoms with E-state index < -0.39 is 0 Å². The lowest BCUT2D eigenvalue weighted by Crippen LogP contribution is -2.20. The normalized spacial score (nSPS) is 10.6. The highest BCUT2D eigenvalue weighted by Gasteiger charge is 2.08. The molecule has 5 heteroatoms. The van der Waals surface area contributed by atoms with Crippen molar-refractivity contribution in [3.05, 3.63) is 75.8 Å². The van der Waals surface area contributed by atoms with E-state index >= 15 is 0 Å². The fraction of sp³-hybridized carbons (Fsp3) is 0.238. The second-order valence-corrected chi connectivity index (χ2v) is 7.49.